The predicted molar refractivity (Wildman–Crippen MR) is 86.3 cm³/mol. The molecule has 3 rings (SSSR count). The zero-order valence-electron chi connectivity index (χ0n) is 12.5. The van der Waals surface area contributed by atoms with E-state index in [1.54, 1.807) is 0 Å². The summed E-state index contributed by atoms with van der Waals surface area (Å²) in [4.78, 5) is 10.8. The first-order valence-electron chi connectivity index (χ1n) is 7.13. The van der Waals surface area contributed by atoms with Crippen molar-refractivity contribution in [3.05, 3.63) is 23.2 Å². The molecular weight excluding hydrogens is 378 g/mol. The molecule has 1 unspecified atom stereocenters. The zero-order chi connectivity index (χ0) is 17.8. The predicted octanol–water partition coefficient (Wildman–Crippen LogP) is -0.112. The molecule has 0 bridgehead atoms. The first-order valence-corrected chi connectivity index (χ1v) is 10.5. The number of hydrogen-bond donors (Lipinski definition) is 2. The van der Waals surface area contributed by atoms with Crippen LogP contribution >= 0.6 is 11.6 Å². The molecule has 0 radical (unpaired) electrons. The van der Waals surface area contributed by atoms with Crippen LogP contribution in [0.15, 0.2) is 28.0 Å². The van der Waals surface area contributed by atoms with Gasteiger partial charge in [-0.2, -0.15) is 4.31 Å². The van der Waals surface area contributed by atoms with Crippen LogP contribution in [-0.4, -0.2) is 46.7 Å². The van der Waals surface area contributed by atoms with Gasteiger partial charge in [-0.15, -0.1) is 0 Å². The molecule has 2 heterocycles. The number of nitrogens with one attached hydrogen (secondary N) is 1. The summed E-state index contributed by atoms with van der Waals surface area (Å²) >= 11 is 5.98. The van der Waals surface area contributed by atoms with Gasteiger partial charge in [0.2, 0.25) is 26.0 Å². The quantitative estimate of drug-likeness (QED) is 0.740. The average Bonchev–Trinajstić information content (AvgIpc) is 3.05. The molecule has 2 aliphatic heterocycles. The SMILES string of the molecule is NS(=O)(=O)c1ccc(Cl)c(S(=O)(=O)N2CCC3(CNC(=O)C3)C2)c1. The van der Waals surface area contributed by atoms with Crippen molar-refractivity contribution >= 4 is 37.6 Å². The van der Waals surface area contributed by atoms with Gasteiger partial charge in [0.05, 0.1) is 9.92 Å². The molecule has 2 aliphatic rings. The molecule has 1 aromatic carbocycles. The van der Waals surface area contributed by atoms with Crippen molar-refractivity contribution in [2.24, 2.45) is 10.6 Å². The number of hydrogen-bond acceptors (Lipinski definition) is 5. The van der Waals surface area contributed by atoms with Gasteiger partial charge in [-0.3, -0.25) is 4.79 Å². The molecular formula is C13H16ClN3O5S2. The van der Waals surface area contributed by atoms with Crippen molar-refractivity contribution in [3.8, 4) is 0 Å². The van der Waals surface area contributed by atoms with Crippen molar-refractivity contribution in [2.45, 2.75) is 22.6 Å². The first-order chi connectivity index (χ1) is 11.0. The Labute approximate surface area is 145 Å². The summed E-state index contributed by atoms with van der Waals surface area (Å²) < 4.78 is 49.9. The van der Waals surface area contributed by atoms with E-state index < -0.39 is 25.5 Å². The van der Waals surface area contributed by atoms with Crippen LogP contribution in [0, 0.1) is 5.41 Å². The number of amides is 1. The van der Waals surface area contributed by atoms with E-state index in [4.69, 9.17) is 16.7 Å². The fourth-order valence-corrected chi connectivity index (χ4v) is 5.81. The molecule has 1 atom stereocenters. The van der Waals surface area contributed by atoms with E-state index in [-0.39, 0.29) is 40.2 Å². The van der Waals surface area contributed by atoms with Gasteiger partial charge in [0.1, 0.15) is 4.90 Å². The summed E-state index contributed by atoms with van der Waals surface area (Å²) in [6.45, 7) is 0.861. The van der Waals surface area contributed by atoms with E-state index in [1.807, 2.05) is 0 Å². The fraction of sp³-hybridized carbons (Fsp3) is 0.462. The number of halogens is 1. The molecule has 1 spiro atoms. The van der Waals surface area contributed by atoms with E-state index in [0.717, 1.165) is 12.1 Å². The second kappa shape index (κ2) is 5.67. The normalized spacial score (nSPS) is 25.3. The van der Waals surface area contributed by atoms with Crippen LogP contribution < -0.4 is 10.5 Å². The molecule has 2 saturated heterocycles. The van der Waals surface area contributed by atoms with Gasteiger partial charge in [0, 0.05) is 31.5 Å². The molecule has 132 valence electrons. The van der Waals surface area contributed by atoms with Crippen molar-refractivity contribution in [3.63, 3.8) is 0 Å². The van der Waals surface area contributed by atoms with Gasteiger partial charge in [-0.1, -0.05) is 11.6 Å². The summed E-state index contributed by atoms with van der Waals surface area (Å²) in [5.74, 6) is -0.0940. The Morgan fingerprint density at radius 3 is 2.54 bits per heavy atom. The van der Waals surface area contributed by atoms with Gasteiger partial charge in [-0.25, -0.2) is 22.0 Å². The lowest BCUT2D eigenvalue weighted by Crippen LogP contribution is -2.33. The largest absolute Gasteiger partial charge is 0.355 e. The summed E-state index contributed by atoms with van der Waals surface area (Å²) in [5.41, 5.74) is -0.409. The van der Waals surface area contributed by atoms with Crippen LogP contribution in [0.25, 0.3) is 0 Å². The Morgan fingerprint density at radius 1 is 1.25 bits per heavy atom. The van der Waals surface area contributed by atoms with Crippen LogP contribution in [-0.2, 0) is 24.8 Å². The Bertz CT molecular complexity index is 916. The number of carbonyl (C=O) groups excluding carboxylic acids is 1. The number of benzene rings is 1. The highest BCUT2D eigenvalue weighted by atomic mass is 35.5. The third-order valence-electron chi connectivity index (χ3n) is 4.45. The number of carbonyl (C=O) groups is 1. The van der Waals surface area contributed by atoms with Gasteiger partial charge in [-0.05, 0) is 24.6 Å². The molecule has 1 amide bonds. The summed E-state index contributed by atoms with van der Waals surface area (Å²) in [7, 11) is -8.04. The number of primary sulfonamides is 1. The van der Waals surface area contributed by atoms with Crippen molar-refractivity contribution in [2.75, 3.05) is 19.6 Å². The lowest BCUT2D eigenvalue weighted by atomic mass is 9.86. The van der Waals surface area contributed by atoms with Crippen molar-refractivity contribution in [1.82, 2.24) is 9.62 Å². The van der Waals surface area contributed by atoms with Gasteiger partial charge >= 0.3 is 0 Å². The van der Waals surface area contributed by atoms with Crippen LogP contribution in [0.5, 0.6) is 0 Å². The van der Waals surface area contributed by atoms with E-state index in [0.29, 0.717) is 13.0 Å². The minimum absolute atomic E-state index is 0.0797. The number of rotatable bonds is 3. The van der Waals surface area contributed by atoms with Crippen LogP contribution in [0.2, 0.25) is 5.02 Å². The Kier molecular flexibility index (Phi) is 4.16. The summed E-state index contributed by atoms with van der Waals surface area (Å²) in [6, 6.07) is 3.32. The maximum Gasteiger partial charge on any atom is 0.244 e. The highest BCUT2D eigenvalue weighted by molar-refractivity contribution is 7.90. The average molecular weight is 394 g/mol. The molecule has 24 heavy (non-hydrogen) atoms. The first kappa shape index (κ1) is 17.6. The maximum absolute atomic E-state index is 12.9. The summed E-state index contributed by atoms with van der Waals surface area (Å²) in [6.07, 6.45) is 0.835. The molecule has 0 aliphatic carbocycles. The molecule has 3 N–H and O–H groups in total. The van der Waals surface area contributed by atoms with Gasteiger partial charge in [0.15, 0.2) is 0 Å². The van der Waals surface area contributed by atoms with Gasteiger partial charge < -0.3 is 5.32 Å². The van der Waals surface area contributed by atoms with E-state index >= 15 is 0 Å². The number of nitrogens with zero attached hydrogens (tertiary/aromatic N) is 1. The molecule has 0 aromatic heterocycles. The molecule has 11 heteroatoms. The molecule has 0 saturated carbocycles. The smallest absolute Gasteiger partial charge is 0.244 e. The minimum atomic E-state index is -4.05. The van der Waals surface area contributed by atoms with Crippen molar-refractivity contribution < 1.29 is 21.6 Å². The highest BCUT2D eigenvalue weighted by Gasteiger charge is 2.47. The number of sulfonamides is 2. The van der Waals surface area contributed by atoms with Crippen LogP contribution in [0.4, 0.5) is 0 Å². The Balaban J connectivity index is 1.96. The lowest BCUT2D eigenvalue weighted by Gasteiger charge is -2.22. The monoisotopic (exact) mass is 393 g/mol. The highest BCUT2D eigenvalue weighted by Crippen LogP contribution is 2.39. The van der Waals surface area contributed by atoms with Crippen LogP contribution in [0.1, 0.15) is 12.8 Å². The molecule has 1 aromatic rings. The minimum Gasteiger partial charge on any atom is -0.355 e. The third-order valence-corrected chi connectivity index (χ3v) is 7.69. The maximum atomic E-state index is 12.9. The summed E-state index contributed by atoms with van der Waals surface area (Å²) in [5, 5.41) is 7.70. The van der Waals surface area contributed by atoms with Gasteiger partial charge in [0.25, 0.3) is 0 Å². The number of nitrogens with two attached hydrogens (primary N) is 1. The van der Waals surface area contributed by atoms with E-state index in [2.05, 4.69) is 5.32 Å². The van der Waals surface area contributed by atoms with E-state index in [9.17, 15) is 21.6 Å². The zero-order valence-corrected chi connectivity index (χ0v) is 14.9. The topological polar surface area (TPSA) is 127 Å². The van der Waals surface area contributed by atoms with E-state index in [1.165, 1.54) is 10.4 Å². The molecule has 2 fully saturated rings. The standard InChI is InChI=1S/C13H16ClN3O5S2/c14-10-2-1-9(23(15,19)20)5-11(10)24(21,22)17-4-3-13(8-17)6-12(18)16-7-13/h1-2,5H,3-4,6-8H2,(H,16,18)(H2,15,19,20). The fourth-order valence-electron chi connectivity index (χ4n) is 3.14. The second-order valence-corrected chi connectivity index (χ2v) is 10.1. The lowest BCUT2D eigenvalue weighted by molar-refractivity contribution is -0.119. The Morgan fingerprint density at radius 2 is 1.96 bits per heavy atom. The van der Waals surface area contributed by atoms with Crippen LogP contribution in [0.3, 0.4) is 0 Å². The Hall–Kier alpha value is -1.20. The van der Waals surface area contributed by atoms with Crippen molar-refractivity contribution in [1.29, 1.82) is 0 Å². The third kappa shape index (κ3) is 3.04. The second-order valence-electron chi connectivity index (χ2n) is 6.18. The molecule has 8 nitrogen and oxygen atoms in total.